The lowest BCUT2D eigenvalue weighted by Gasteiger charge is -2.18. The molecular weight excluding hydrogens is 160 g/mol. The highest BCUT2D eigenvalue weighted by atomic mass is 15.0. The van der Waals surface area contributed by atoms with Gasteiger partial charge >= 0.3 is 0 Å². The summed E-state index contributed by atoms with van der Waals surface area (Å²) in [6.45, 7) is 1.05. The Hall–Kier alpha value is -0.0800. The Morgan fingerprint density at radius 2 is 1.69 bits per heavy atom. The average molecular weight is 182 g/mol. The molecule has 2 aliphatic rings. The van der Waals surface area contributed by atoms with Crippen LogP contribution >= 0.6 is 0 Å². The van der Waals surface area contributed by atoms with Crippen molar-refractivity contribution in [3.8, 4) is 0 Å². The number of hydrogen-bond acceptors (Lipinski definition) is 2. The van der Waals surface area contributed by atoms with Crippen LogP contribution in [-0.4, -0.2) is 18.1 Å². The van der Waals surface area contributed by atoms with Gasteiger partial charge in [-0.1, -0.05) is 25.7 Å². The predicted molar refractivity (Wildman–Crippen MR) is 55.6 cm³/mol. The van der Waals surface area contributed by atoms with E-state index >= 15 is 0 Å². The predicted octanol–water partition coefficient (Wildman–Crippen LogP) is 1.79. The van der Waals surface area contributed by atoms with Crippen molar-refractivity contribution in [3.05, 3.63) is 0 Å². The second-order valence-corrected chi connectivity index (χ2v) is 4.93. The van der Waals surface area contributed by atoms with E-state index in [2.05, 4.69) is 5.32 Å². The second kappa shape index (κ2) is 3.97. The van der Waals surface area contributed by atoms with E-state index in [-0.39, 0.29) is 5.54 Å². The lowest BCUT2D eigenvalue weighted by molar-refractivity contribution is 0.432. The molecule has 2 saturated carbocycles. The molecule has 0 atom stereocenters. The number of hydrogen-bond donors (Lipinski definition) is 2. The van der Waals surface area contributed by atoms with E-state index in [0.717, 1.165) is 12.6 Å². The summed E-state index contributed by atoms with van der Waals surface area (Å²) in [5.41, 5.74) is 6.23. The summed E-state index contributed by atoms with van der Waals surface area (Å²) in [5, 5.41) is 3.64. The van der Waals surface area contributed by atoms with Gasteiger partial charge in [0.1, 0.15) is 0 Å². The van der Waals surface area contributed by atoms with Crippen LogP contribution in [0.25, 0.3) is 0 Å². The highest BCUT2D eigenvalue weighted by Crippen LogP contribution is 2.31. The first-order valence-corrected chi connectivity index (χ1v) is 5.81. The third kappa shape index (κ3) is 2.96. The van der Waals surface area contributed by atoms with Crippen molar-refractivity contribution in [1.82, 2.24) is 5.32 Å². The van der Waals surface area contributed by atoms with E-state index in [1.165, 1.54) is 51.4 Å². The van der Waals surface area contributed by atoms with Crippen LogP contribution in [-0.2, 0) is 0 Å². The van der Waals surface area contributed by atoms with Crippen molar-refractivity contribution in [2.24, 2.45) is 5.73 Å². The molecule has 76 valence electrons. The van der Waals surface area contributed by atoms with E-state index in [1.807, 2.05) is 0 Å². The third-order valence-electron chi connectivity index (χ3n) is 3.49. The minimum Gasteiger partial charge on any atom is -0.324 e. The number of nitrogens with two attached hydrogens (primary N) is 1. The van der Waals surface area contributed by atoms with Crippen molar-refractivity contribution in [3.63, 3.8) is 0 Å². The maximum atomic E-state index is 6.04. The first-order chi connectivity index (χ1) is 6.29. The molecule has 0 amide bonds. The summed E-state index contributed by atoms with van der Waals surface area (Å²) < 4.78 is 0. The Kier molecular flexibility index (Phi) is 2.89. The van der Waals surface area contributed by atoms with Gasteiger partial charge in [0.25, 0.3) is 0 Å². The third-order valence-corrected chi connectivity index (χ3v) is 3.49. The first kappa shape index (κ1) is 9.47. The van der Waals surface area contributed by atoms with Gasteiger partial charge in [0.2, 0.25) is 0 Å². The minimum atomic E-state index is 0.187. The fourth-order valence-electron chi connectivity index (χ4n) is 2.17. The van der Waals surface area contributed by atoms with Gasteiger partial charge in [-0.2, -0.15) is 0 Å². The van der Waals surface area contributed by atoms with Crippen molar-refractivity contribution >= 4 is 0 Å². The number of nitrogens with one attached hydrogen (secondary N) is 1. The summed E-state index contributed by atoms with van der Waals surface area (Å²) >= 11 is 0. The van der Waals surface area contributed by atoms with E-state index in [0.29, 0.717) is 0 Å². The molecule has 0 aliphatic heterocycles. The SMILES string of the molecule is NC1(CNC2CCCCCC2)CC1. The fourth-order valence-corrected chi connectivity index (χ4v) is 2.17. The fraction of sp³-hybridized carbons (Fsp3) is 1.00. The van der Waals surface area contributed by atoms with Crippen LogP contribution in [0.4, 0.5) is 0 Å². The molecule has 0 aromatic carbocycles. The Morgan fingerprint density at radius 3 is 2.23 bits per heavy atom. The molecule has 2 heteroatoms. The quantitative estimate of drug-likeness (QED) is 0.653. The molecule has 2 fully saturated rings. The topological polar surface area (TPSA) is 38.0 Å². The lowest BCUT2D eigenvalue weighted by atomic mass is 10.1. The van der Waals surface area contributed by atoms with Crippen LogP contribution in [0.1, 0.15) is 51.4 Å². The molecule has 3 N–H and O–H groups in total. The zero-order valence-electron chi connectivity index (χ0n) is 8.52. The zero-order valence-corrected chi connectivity index (χ0v) is 8.52. The van der Waals surface area contributed by atoms with Gasteiger partial charge in [-0.15, -0.1) is 0 Å². The summed E-state index contributed by atoms with van der Waals surface area (Å²) in [5.74, 6) is 0. The maximum absolute atomic E-state index is 6.04. The lowest BCUT2D eigenvalue weighted by Crippen LogP contribution is -2.41. The van der Waals surface area contributed by atoms with Gasteiger partial charge in [-0.05, 0) is 25.7 Å². The summed E-state index contributed by atoms with van der Waals surface area (Å²) in [6, 6.07) is 0.767. The first-order valence-electron chi connectivity index (χ1n) is 5.81. The molecule has 0 aromatic heterocycles. The minimum absolute atomic E-state index is 0.187. The Morgan fingerprint density at radius 1 is 1.08 bits per heavy atom. The molecule has 0 spiro atoms. The van der Waals surface area contributed by atoms with Crippen LogP contribution in [0.3, 0.4) is 0 Å². The molecule has 0 radical (unpaired) electrons. The van der Waals surface area contributed by atoms with Crippen molar-refractivity contribution in [2.75, 3.05) is 6.54 Å². The Bertz CT molecular complexity index is 155. The molecule has 0 saturated heterocycles. The summed E-state index contributed by atoms with van der Waals surface area (Å²) in [7, 11) is 0. The molecular formula is C11H22N2. The Balaban J connectivity index is 1.67. The van der Waals surface area contributed by atoms with E-state index in [1.54, 1.807) is 0 Å². The van der Waals surface area contributed by atoms with Crippen LogP contribution in [0.2, 0.25) is 0 Å². The van der Waals surface area contributed by atoms with Gasteiger partial charge in [-0.3, -0.25) is 0 Å². The van der Waals surface area contributed by atoms with E-state index in [9.17, 15) is 0 Å². The molecule has 0 aromatic rings. The summed E-state index contributed by atoms with van der Waals surface area (Å²) in [6.07, 6.45) is 10.9. The van der Waals surface area contributed by atoms with Crippen molar-refractivity contribution in [2.45, 2.75) is 62.9 Å². The van der Waals surface area contributed by atoms with Crippen LogP contribution in [0.15, 0.2) is 0 Å². The van der Waals surface area contributed by atoms with Crippen LogP contribution in [0, 0.1) is 0 Å². The van der Waals surface area contributed by atoms with Gasteiger partial charge in [0, 0.05) is 18.1 Å². The highest BCUT2D eigenvalue weighted by molar-refractivity contribution is 5.00. The molecule has 0 bridgehead atoms. The highest BCUT2D eigenvalue weighted by Gasteiger charge is 2.37. The van der Waals surface area contributed by atoms with Crippen molar-refractivity contribution in [1.29, 1.82) is 0 Å². The molecule has 13 heavy (non-hydrogen) atoms. The second-order valence-electron chi connectivity index (χ2n) is 4.93. The molecule has 2 nitrogen and oxygen atoms in total. The molecule has 2 rings (SSSR count). The number of rotatable bonds is 3. The van der Waals surface area contributed by atoms with Gasteiger partial charge in [0.05, 0.1) is 0 Å². The van der Waals surface area contributed by atoms with Crippen LogP contribution in [0.5, 0.6) is 0 Å². The normalized spacial score (nSPS) is 28.4. The van der Waals surface area contributed by atoms with Gasteiger partial charge < -0.3 is 11.1 Å². The standard InChI is InChI=1S/C11H22N2/c12-11(7-8-11)9-13-10-5-3-1-2-4-6-10/h10,13H,1-9,12H2. The smallest absolute Gasteiger partial charge is 0.0282 e. The maximum Gasteiger partial charge on any atom is 0.0282 e. The monoisotopic (exact) mass is 182 g/mol. The zero-order chi connectivity index (χ0) is 9.15. The summed E-state index contributed by atoms with van der Waals surface area (Å²) in [4.78, 5) is 0. The molecule has 0 heterocycles. The van der Waals surface area contributed by atoms with Crippen LogP contribution < -0.4 is 11.1 Å². The van der Waals surface area contributed by atoms with Crippen molar-refractivity contribution < 1.29 is 0 Å². The van der Waals surface area contributed by atoms with Gasteiger partial charge in [0.15, 0.2) is 0 Å². The van der Waals surface area contributed by atoms with Gasteiger partial charge in [-0.25, -0.2) is 0 Å². The molecule has 2 aliphatic carbocycles. The largest absolute Gasteiger partial charge is 0.324 e. The van der Waals surface area contributed by atoms with E-state index in [4.69, 9.17) is 5.73 Å². The molecule has 0 unspecified atom stereocenters. The average Bonchev–Trinajstić information content (AvgIpc) is 2.87. The van der Waals surface area contributed by atoms with E-state index < -0.39 is 0 Å². The Labute approximate surface area is 81.3 Å².